The minimum atomic E-state index is -0.800. The fraction of sp³-hybridized carbons (Fsp3) is 0.667. The Hall–Kier alpha value is -0.130. The zero-order valence-corrected chi connectivity index (χ0v) is 11.0. The van der Waals surface area contributed by atoms with Gasteiger partial charge in [0.05, 0.1) is 23.1 Å². The summed E-state index contributed by atoms with van der Waals surface area (Å²) in [5.74, 6) is -0.435. The molecule has 17 heavy (non-hydrogen) atoms. The van der Waals surface area contributed by atoms with E-state index >= 15 is 0 Å². The number of hydrogen-bond acceptors (Lipinski definition) is 4. The van der Waals surface area contributed by atoms with Crippen LogP contribution in [0.15, 0.2) is 11.4 Å². The zero-order valence-electron chi connectivity index (χ0n) is 9.45. The molecule has 1 N–H and O–H groups in total. The highest BCUT2D eigenvalue weighted by atomic mass is 35.5. The molecular formula is C12H15ClO3S. The molecule has 3 rings (SSSR count). The second-order valence-electron chi connectivity index (χ2n) is 4.74. The van der Waals surface area contributed by atoms with Gasteiger partial charge in [0.25, 0.3) is 0 Å². The van der Waals surface area contributed by atoms with Gasteiger partial charge < -0.3 is 14.6 Å². The van der Waals surface area contributed by atoms with Gasteiger partial charge in [-0.15, -0.1) is 11.3 Å². The van der Waals surface area contributed by atoms with Crippen molar-refractivity contribution in [2.45, 2.75) is 37.1 Å². The lowest BCUT2D eigenvalue weighted by molar-refractivity contribution is -0.203. The molecule has 1 saturated carbocycles. The van der Waals surface area contributed by atoms with Crippen LogP contribution in [-0.4, -0.2) is 24.1 Å². The van der Waals surface area contributed by atoms with Crippen molar-refractivity contribution in [2.75, 3.05) is 13.2 Å². The zero-order chi connectivity index (χ0) is 11.9. The van der Waals surface area contributed by atoms with Gasteiger partial charge in [-0.3, -0.25) is 0 Å². The van der Waals surface area contributed by atoms with Crippen LogP contribution in [0, 0.1) is 0 Å². The molecule has 1 aliphatic carbocycles. The Morgan fingerprint density at radius 3 is 2.35 bits per heavy atom. The van der Waals surface area contributed by atoms with Crippen LogP contribution in [0.2, 0.25) is 5.02 Å². The van der Waals surface area contributed by atoms with Crippen LogP contribution >= 0.6 is 22.9 Å². The third-order valence-electron chi connectivity index (χ3n) is 3.69. The SMILES string of the molecule is OC1(c2sccc2Cl)CCC2(CC1)OCCO2. The maximum absolute atomic E-state index is 10.7. The maximum Gasteiger partial charge on any atom is 0.168 e. The van der Waals surface area contributed by atoms with Gasteiger partial charge >= 0.3 is 0 Å². The van der Waals surface area contributed by atoms with Gasteiger partial charge in [-0.25, -0.2) is 0 Å². The standard InChI is InChI=1S/C12H15ClO3S/c13-9-1-8-17-10(9)11(14)2-4-12(5-3-11)15-6-7-16-12/h1,8,14H,2-7H2. The lowest BCUT2D eigenvalue weighted by Gasteiger charge is -2.40. The second-order valence-corrected chi connectivity index (χ2v) is 6.06. The molecule has 1 aromatic heterocycles. The molecule has 0 atom stereocenters. The molecular weight excluding hydrogens is 260 g/mol. The van der Waals surface area contributed by atoms with Crippen LogP contribution in [0.5, 0.6) is 0 Å². The summed E-state index contributed by atoms with van der Waals surface area (Å²) in [6, 6.07) is 1.84. The summed E-state index contributed by atoms with van der Waals surface area (Å²) in [5.41, 5.74) is -0.800. The summed E-state index contributed by atoms with van der Waals surface area (Å²) in [7, 11) is 0. The van der Waals surface area contributed by atoms with Crippen molar-refractivity contribution in [1.29, 1.82) is 0 Å². The Kier molecular flexibility index (Phi) is 2.96. The van der Waals surface area contributed by atoms with Crippen molar-refractivity contribution in [3.63, 3.8) is 0 Å². The first-order chi connectivity index (χ1) is 8.14. The summed E-state index contributed by atoms with van der Waals surface area (Å²) in [5, 5.41) is 13.3. The average Bonchev–Trinajstić information content (AvgIpc) is 2.94. The molecule has 3 nitrogen and oxygen atoms in total. The van der Waals surface area contributed by atoms with Gasteiger partial charge in [0, 0.05) is 12.8 Å². The first kappa shape index (κ1) is 11.9. The van der Waals surface area contributed by atoms with Crippen molar-refractivity contribution in [2.24, 2.45) is 0 Å². The van der Waals surface area contributed by atoms with E-state index in [4.69, 9.17) is 21.1 Å². The van der Waals surface area contributed by atoms with E-state index in [9.17, 15) is 5.11 Å². The molecule has 1 saturated heterocycles. The van der Waals surface area contributed by atoms with E-state index in [-0.39, 0.29) is 0 Å². The van der Waals surface area contributed by atoms with E-state index in [0.29, 0.717) is 31.1 Å². The largest absolute Gasteiger partial charge is 0.384 e. The molecule has 0 unspecified atom stereocenters. The fourth-order valence-corrected chi connectivity index (χ4v) is 4.07. The Morgan fingerprint density at radius 1 is 1.18 bits per heavy atom. The molecule has 1 aromatic rings. The van der Waals surface area contributed by atoms with Crippen LogP contribution in [-0.2, 0) is 15.1 Å². The summed E-state index contributed by atoms with van der Waals surface area (Å²) in [6.07, 6.45) is 2.76. The number of thiophene rings is 1. The van der Waals surface area contributed by atoms with Gasteiger partial charge in [-0.05, 0) is 24.3 Å². The summed E-state index contributed by atoms with van der Waals surface area (Å²) >= 11 is 7.62. The van der Waals surface area contributed by atoms with E-state index in [0.717, 1.165) is 17.7 Å². The molecule has 1 spiro atoms. The molecule has 2 aliphatic rings. The molecule has 2 heterocycles. The van der Waals surface area contributed by atoms with Gasteiger partial charge in [-0.1, -0.05) is 11.6 Å². The first-order valence-corrected chi connectivity index (χ1v) is 7.13. The highest BCUT2D eigenvalue weighted by Gasteiger charge is 2.47. The highest BCUT2D eigenvalue weighted by Crippen LogP contribution is 2.47. The van der Waals surface area contributed by atoms with Gasteiger partial charge in [0.2, 0.25) is 0 Å². The fourth-order valence-electron chi connectivity index (χ4n) is 2.68. The summed E-state index contributed by atoms with van der Waals surface area (Å²) in [6.45, 7) is 1.33. The van der Waals surface area contributed by atoms with Crippen molar-refractivity contribution >= 4 is 22.9 Å². The van der Waals surface area contributed by atoms with Gasteiger partial charge in [0.15, 0.2) is 5.79 Å². The predicted octanol–water partition coefficient (Wildman–Crippen LogP) is 2.91. The Labute approximate surface area is 109 Å². The number of rotatable bonds is 1. The molecule has 0 radical (unpaired) electrons. The van der Waals surface area contributed by atoms with E-state index in [1.165, 1.54) is 11.3 Å². The molecule has 0 aromatic carbocycles. The minimum absolute atomic E-state index is 0.435. The second kappa shape index (κ2) is 4.21. The quantitative estimate of drug-likeness (QED) is 0.856. The van der Waals surface area contributed by atoms with E-state index < -0.39 is 11.4 Å². The Morgan fingerprint density at radius 2 is 1.82 bits per heavy atom. The van der Waals surface area contributed by atoms with Crippen molar-refractivity contribution in [3.8, 4) is 0 Å². The van der Waals surface area contributed by atoms with E-state index in [1.807, 2.05) is 11.4 Å². The smallest absolute Gasteiger partial charge is 0.168 e. The maximum atomic E-state index is 10.7. The van der Waals surface area contributed by atoms with E-state index in [2.05, 4.69) is 0 Å². The van der Waals surface area contributed by atoms with Crippen molar-refractivity contribution < 1.29 is 14.6 Å². The molecule has 0 amide bonds. The number of hydrogen-bond donors (Lipinski definition) is 1. The molecule has 2 fully saturated rings. The lowest BCUT2D eigenvalue weighted by atomic mass is 9.80. The summed E-state index contributed by atoms with van der Waals surface area (Å²) in [4.78, 5) is 0.881. The van der Waals surface area contributed by atoms with Gasteiger partial charge in [0.1, 0.15) is 5.60 Å². The number of halogens is 1. The topological polar surface area (TPSA) is 38.7 Å². The highest BCUT2D eigenvalue weighted by molar-refractivity contribution is 7.10. The first-order valence-electron chi connectivity index (χ1n) is 5.87. The average molecular weight is 275 g/mol. The normalized spacial score (nSPS) is 26.5. The molecule has 0 bridgehead atoms. The van der Waals surface area contributed by atoms with Crippen LogP contribution in [0.1, 0.15) is 30.6 Å². The molecule has 5 heteroatoms. The van der Waals surface area contributed by atoms with Crippen LogP contribution < -0.4 is 0 Å². The third-order valence-corrected chi connectivity index (χ3v) is 5.23. The molecule has 94 valence electrons. The van der Waals surface area contributed by atoms with Crippen molar-refractivity contribution in [1.82, 2.24) is 0 Å². The Balaban J connectivity index is 1.77. The lowest BCUT2D eigenvalue weighted by Crippen LogP contribution is -2.41. The van der Waals surface area contributed by atoms with Crippen molar-refractivity contribution in [3.05, 3.63) is 21.3 Å². The molecule has 1 aliphatic heterocycles. The van der Waals surface area contributed by atoms with Crippen LogP contribution in [0.4, 0.5) is 0 Å². The third kappa shape index (κ3) is 2.02. The van der Waals surface area contributed by atoms with Crippen LogP contribution in [0.25, 0.3) is 0 Å². The van der Waals surface area contributed by atoms with E-state index in [1.54, 1.807) is 0 Å². The van der Waals surface area contributed by atoms with Gasteiger partial charge in [-0.2, -0.15) is 0 Å². The summed E-state index contributed by atoms with van der Waals surface area (Å²) < 4.78 is 11.3. The Bertz CT molecular complexity index is 402. The predicted molar refractivity (Wildman–Crippen MR) is 66.3 cm³/mol. The monoisotopic (exact) mass is 274 g/mol. The number of aliphatic hydroxyl groups is 1. The number of ether oxygens (including phenoxy) is 2. The van der Waals surface area contributed by atoms with Crippen LogP contribution in [0.3, 0.4) is 0 Å². The minimum Gasteiger partial charge on any atom is -0.384 e.